The maximum Gasteiger partial charge on any atom is 0.433 e. The Balaban J connectivity index is 1.84. The Morgan fingerprint density at radius 2 is 1.79 bits per heavy atom. The van der Waals surface area contributed by atoms with Gasteiger partial charge in [-0.15, -0.1) is 0 Å². The molecule has 1 unspecified atom stereocenters. The topological polar surface area (TPSA) is 60.5 Å². The van der Waals surface area contributed by atoms with Crippen LogP contribution >= 0.6 is 0 Å². The van der Waals surface area contributed by atoms with Gasteiger partial charge < -0.3 is 14.8 Å². The van der Waals surface area contributed by atoms with Gasteiger partial charge in [0.25, 0.3) is 5.91 Å². The minimum Gasteiger partial charge on any atom is -0.486 e. The number of ether oxygens (including phenoxy) is 2. The van der Waals surface area contributed by atoms with E-state index in [0.717, 1.165) is 17.7 Å². The molecule has 8 heteroatoms. The lowest BCUT2D eigenvalue weighted by Gasteiger charge is -2.25. The predicted octanol–water partition coefficient (Wildman–Crippen LogP) is 4.31. The Labute approximate surface area is 160 Å². The van der Waals surface area contributed by atoms with E-state index in [4.69, 9.17) is 9.47 Å². The molecule has 2 heterocycles. The highest BCUT2D eigenvalue weighted by Crippen LogP contribution is 2.34. The van der Waals surface area contributed by atoms with Gasteiger partial charge in [0.05, 0.1) is 17.3 Å². The van der Waals surface area contributed by atoms with E-state index in [0.29, 0.717) is 24.7 Å². The third kappa shape index (κ3) is 4.21. The van der Waals surface area contributed by atoms with Crippen LogP contribution in [0.2, 0.25) is 0 Å². The molecule has 150 valence electrons. The van der Waals surface area contributed by atoms with E-state index in [1.165, 1.54) is 6.92 Å². The number of nitrogens with zero attached hydrogens (tertiary/aromatic N) is 1. The molecule has 1 N–H and O–H groups in total. The zero-order valence-electron chi connectivity index (χ0n) is 15.8. The smallest absolute Gasteiger partial charge is 0.433 e. The van der Waals surface area contributed by atoms with Crippen LogP contribution in [0, 0.1) is 12.8 Å². The van der Waals surface area contributed by atoms with Gasteiger partial charge in [-0.3, -0.25) is 4.79 Å². The molecule has 3 rings (SSSR count). The fourth-order valence-corrected chi connectivity index (χ4v) is 3.07. The first-order valence-corrected chi connectivity index (χ1v) is 8.92. The lowest BCUT2D eigenvalue weighted by molar-refractivity contribution is -0.141. The van der Waals surface area contributed by atoms with Crippen molar-refractivity contribution in [2.75, 3.05) is 13.2 Å². The maximum absolute atomic E-state index is 12.8. The predicted molar refractivity (Wildman–Crippen MR) is 96.5 cm³/mol. The molecule has 28 heavy (non-hydrogen) atoms. The molecule has 1 amide bonds. The number of carbonyl (C=O) groups excluding carboxylic acids is 1. The number of benzene rings is 1. The second-order valence-corrected chi connectivity index (χ2v) is 6.93. The quantitative estimate of drug-likeness (QED) is 0.840. The van der Waals surface area contributed by atoms with Gasteiger partial charge in [0, 0.05) is 0 Å². The Morgan fingerprint density at radius 3 is 2.39 bits per heavy atom. The van der Waals surface area contributed by atoms with Crippen molar-refractivity contribution in [1.29, 1.82) is 0 Å². The normalized spacial score (nSPS) is 14.7. The summed E-state index contributed by atoms with van der Waals surface area (Å²) in [6, 6.07) is 7.06. The van der Waals surface area contributed by atoms with Gasteiger partial charge >= 0.3 is 6.18 Å². The van der Waals surface area contributed by atoms with E-state index in [9.17, 15) is 18.0 Å². The first-order chi connectivity index (χ1) is 13.2. The Hall–Kier alpha value is -2.77. The van der Waals surface area contributed by atoms with Crippen molar-refractivity contribution in [3.63, 3.8) is 0 Å². The van der Waals surface area contributed by atoms with E-state index in [-0.39, 0.29) is 23.2 Å². The summed E-state index contributed by atoms with van der Waals surface area (Å²) in [4.78, 5) is 16.2. The molecule has 0 saturated carbocycles. The van der Waals surface area contributed by atoms with Crippen molar-refractivity contribution in [1.82, 2.24) is 10.3 Å². The standard InChI is InChI=1S/C20H21F3N2O3/c1-11(2)18(13-4-6-15-16(10-13)28-9-8-27-15)25-19(26)14-5-7-17(20(21,22)23)24-12(14)3/h4-7,10-11,18H,8-9H2,1-3H3,(H,25,26). The van der Waals surface area contributed by atoms with Gasteiger partial charge in [0.1, 0.15) is 18.9 Å². The number of alkyl halides is 3. The molecule has 1 aliphatic heterocycles. The third-order valence-electron chi connectivity index (χ3n) is 4.50. The van der Waals surface area contributed by atoms with Crippen LogP contribution in [-0.2, 0) is 6.18 Å². The second-order valence-electron chi connectivity index (χ2n) is 6.93. The van der Waals surface area contributed by atoms with Crippen LogP contribution in [0.25, 0.3) is 0 Å². The number of fused-ring (bicyclic) bond motifs is 1. The number of hydrogen-bond acceptors (Lipinski definition) is 4. The first kappa shape index (κ1) is 20.0. The van der Waals surface area contributed by atoms with Crippen molar-refractivity contribution in [3.8, 4) is 11.5 Å². The molecule has 1 aromatic heterocycles. The molecule has 0 fully saturated rings. The number of aromatic nitrogens is 1. The average molecular weight is 394 g/mol. The van der Waals surface area contributed by atoms with Crippen molar-refractivity contribution in [3.05, 3.63) is 52.8 Å². The summed E-state index contributed by atoms with van der Waals surface area (Å²) in [7, 11) is 0. The van der Waals surface area contributed by atoms with Crippen molar-refractivity contribution in [2.45, 2.75) is 33.0 Å². The largest absolute Gasteiger partial charge is 0.486 e. The molecule has 1 aliphatic rings. The van der Waals surface area contributed by atoms with Crippen molar-refractivity contribution in [2.24, 2.45) is 5.92 Å². The number of carbonyl (C=O) groups is 1. The summed E-state index contributed by atoms with van der Waals surface area (Å²) in [5.41, 5.74) is -0.0629. The molecule has 0 bridgehead atoms. The number of nitrogens with one attached hydrogen (secondary N) is 1. The lowest BCUT2D eigenvalue weighted by Crippen LogP contribution is -2.32. The Kier molecular flexibility index (Phi) is 5.49. The van der Waals surface area contributed by atoms with E-state index in [1.54, 1.807) is 6.07 Å². The summed E-state index contributed by atoms with van der Waals surface area (Å²) in [6.45, 7) is 6.21. The van der Waals surface area contributed by atoms with E-state index < -0.39 is 17.8 Å². The molecule has 0 aliphatic carbocycles. The Morgan fingerprint density at radius 1 is 1.11 bits per heavy atom. The second kappa shape index (κ2) is 7.69. The molecule has 0 radical (unpaired) electrons. The summed E-state index contributed by atoms with van der Waals surface area (Å²) in [6.07, 6.45) is -4.55. The SMILES string of the molecule is Cc1nc(C(F)(F)F)ccc1C(=O)NC(c1ccc2c(c1)OCCO2)C(C)C. The molecular formula is C20H21F3N2O3. The fourth-order valence-electron chi connectivity index (χ4n) is 3.07. The van der Waals surface area contributed by atoms with E-state index >= 15 is 0 Å². The minimum absolute atomic E-state index is 0.0250. The van der Waals surface area contributed by atoms with Crippen molar-refractivity contribution >= 4 is 5.91 Å². The molecule has 0 saturated heterocycles. The maximum atomic E-state index is 12.8. The fraction of sp³-hybridized carbons (Fsp3) is 0.400. The number of hydrogen-bond donors (Lipinski definition) is 1. The van der Waals surface area contributed by atoms with Gasteiger partial charge in [-0.25, -0.2) is 4.98 Å². The van der Waals surface area contributed by atoms with Gasteiger partial charge in [-0.1, -0.05) is 19.9 Å². The van der Waals surface area contributed by atoms with Gasteiger partial charge in [0.2, 0.25) is 0 Å². The summed E-state index contributed by atoms with van der Waals surface area (Å²) >= 11 is 0. The molecule has 2 aromatic rings. The number of pyridine rings is 1. The average Bonchev–Trinajstić information content (AvgIpc) is 2.64. The number of aryl methyl sites for hydroxylation is 1. The summed E-state index contributed by atoms with van der Waals surface area (Å²) in [5, 5.41) is 2.90. The molecule has 1 atom stereocenters. The van der Waals surface area contributed by atoms with Gasteiger partial charge in [0.15, 0.2) is 11.5 Å². The first-order valence-electron chi connectivity index (χ1n) is 8.92. The zero-order valence-corrected chi connectivity index (χ0v) is 15.8. The van der Waals surface area contributed by atoms with Crippen LogP contribution in [0.4, 0.5) is 13.2 Å². The monoisotopic (exact) mass is 394 g/mol. The molecular weight excluding hydrogens is 373 g/mol. The van der Waals surface area contributed by atoms with E-state index in [1.807, 2.05) is 26.0 Å². The number of amides is 1. The summed E-state index contributed by atoms with van der Waals surface area (Å²) < 4.78 is 49.5. The van der Waals surface area contributed by atoms with Crippen LogP contribution in [0.3, 0.4) is 0 Å². The lowest BCUT2D eigenvalue weighted by atomic mass is 9.95. The third-order valence-corrected chi connectivity index (χ3v) is 4.50. The zero-order chi connectivity index (χ0) is 20.5. The summed E-state index contributed by atoms with van der Waals surface area (Å²) in [5.74, 6) is 0.809. The highest BCUT2D eigenvalue weighted by Gasteiger charge is 2.33. The molecule has 5 nitrogen and oxygen atoms in total. The van der Waals surface area contributed by atoms with Gasteiger partial charge in [-0.05, 0) is 42.7 Å². The van der Waals surface area contributed by atoms with Crippen LogP contribution in [0.1, 0.15) is 47.2 Å². The highest BCUT2D eigenvalue weighted by atomic mass is 19.4. The van der Waals surface area contributed by atoms with Crippen LogP contribution in [0.15, 0.2) is 30.3 Å². The van der Waals surface area contributed by atoms with Crippen LogP contribution < -0.4 is 14.8 Å². The highest BCUT2D eigenvalue weighted by molar-refractivity contribution is 5.95. The van der Waals surface area contributed by atoms with E-state index in [2.05, 4.69) is 10.3 Å². The van der Waals surface area contributed by atoms with Crippen molar-refractivity contribution < 1.29 is 27.4 Å². The Bertz CT molecular complexity index is 881. The minimum atomic E-state index is -4.55. The van der Waals surface area contributed by atoms with Crippen LogP contribution in [0.5, 0.6) is 11.5 Å². The van der Waals surface area contributed by atoms with Crippen LogP contribution in [-0.4, -0.2) is 24.1 Å². The number of halogens is 3. The number of rotatable bonds is 4. The molecule has 0 spiro atoms. The molecule has 1 aromatic carbocycles. The van der Waals surface area contributed by atoms with Gasteiger partial charge in [-0.2, -0.15) is 13.2 Å².